The lowest BCUT2D eigenvalue weighted by Gasteiger charge is -2.34. The Balaban J connectivity index is 1.47. The molecule has 1 saturated heterocycles. The van der Waals surface area contributed by atoms with Crippen molar-refractivity contribution in [1.82, 2.24) is 23.9 Å². The van der Waals surface area contributed by atoms with Crippen LogP contribution in [0.1, 0.15) is 5.82 Å². The summed E-state index contributed by atoms with van der Waals surface area (Å²) in [6.07, 6.45) is 0. The summed E-state index contributed by atoms with van der Waals surface area (Å²) >= 11 is 0. The van der Waals surface area contributed by atoms with E-state index in [1.807, 2.05) is 29.2 Å². The number of rotatable bonds is 3. The zero-order chi connectivity index (χ0) is 21.8. The second-order valence-corrected chi connectivity index (χ2v) is 9.20. The van der Waals surface area contributed by atoms with Crippen LogP contribution in [-0.4, -0.2) is 58.5 Å². The molecular weight excluding hydrogens is 426 g/mol. The predicted molar refractivity (Wildman–Crippen MR) is 110 cm³/mol. The van der Waals surface area contributed by atoms with E-state index in [1.165, 1.54) is 0 Å². The molecule has 3 heterocycles. The zero-order valence-electron chi connectivity index (χ0n) is 16.5. The maximum atomic E-state index is 14.1. The Bertz CT molecular complexity index is 1410. The van der Waals surface area contributed by atoms with E-state index >= 15 is 0 Å². The average Bonchev–Trinajstić information content (AvgIpc) is 3.16. The lowest BCUT2D eigenvalue weighted by Crippen LogP contribution is -2.49. The van der Waals surface area contributed by atoms with Crippen molar-refractivity contribution in [2.45, 2.75) is 11.8 Å². The van der Waals surface area contributed by atoms with Crippen LogP contribution < -0.4 is 4.90 Å². The monoisotopic (exact) mass is 444 g/mol. The van der Waals surface area contributed by atoms with Gasteiger partial charge in [0.1, 0.15) is 22.4 Å². The first-order valence-electron chi connectivity index (χ1n) is 9.67. The molecule has 0 aliphatic carbocycles. The lowest BCUT2D eigenvalue weighted by molar-refractivity contribution is 0.379. The summed E-state index contributed by atoms with van der Waals surface area (Å²) in [5, 5.41) is 5.32. The number of piperazine rings is 1. The summed E-state index contributed by atoms with van der Waals surface area (Å²) in [6.45, 7) is 2.62. The van der Waals surface area contributed by atoms with E-state index in [2.05, 4.69) is 10.1 Å². The second kappa shape index (κ2) is 7.20. The van der Waals surface area contributed by atoms with Gasteiger partial charge in [-0.3, -0.25) is 0 Å². The fraction of sp³-hybridized carbons (Fsp3) is 0.250. The van der Waals surface area contributed by atoms with Gasteiger partial charge in [0, 0.05) is 31.6 Å². The molecule has 5 rings (SSSR count). The summed E-state index contributed by atoms with van der Waals surface area (Å²) in [4.78, 5) is 10.5. The van der Waals surface area contributed by atoms with E-state index in [0.717, 1.165) is 27.3 Å². The quantitative estimate of drug-likeness (QED) is 0.483. The minimum atomic E-state index is -4.16. The number of hydrogen-bond acceptors (Lipinski definition) is 6. The van der Waals surface area contributed by atoms with Crippen molar-refractivity contribution in [3.8, 4) is 0 Å². The Labute approximate surface area is 176 Å². The molecule has 0 radical (unpaired) electrons. The number of fused-ring (bicyclic) bond motifs is 3. The highest BCUT2D eigenvalue weighted by Gasteiger charge is 2.32. The maximum absolute atomic E-state index is 14.1. The van der Waals surface area contributed by atoms with E-state index < -0.39 is 26.6 Å². The Morgan fingerprint density at radius 3 is 2.48 bits per heavy atom. The van der Waals surface area contributed by atoms with Gasteiger partial charge < -0.3 is 4.90 Å². The second-order valence-electron chi connectivity index (χ2n) is 7.29. The highest BCUT2D eigenvalue weighted by molar-refractivity contribution is 7.89. The van der Waals surface area contributed by atoms with Crippen molar-refractivity contribution in [2.75, 3.05) is 31.1 Å². The number of halogens is 2. The highest BCUT2D eigenvalue weighted by atomic mass is 32.2. The number of sulfonamides is 1. The van der Waals surface area contributed by atoms with E-state index in [0.29, 0.717) is 36.6 Å². The van der Waals surface area contributed by atoms with E-state index in [-0.39, 0.29) is 13.1 Å². The molecule has 1 aliphatic heterocycles. The molecule has 8 nitrogen and oxygen atoms in total. The molecule has 0 atom stereocenters. The molecule has 1 fully saturated rings. The van der Waals surface area contributed by atoms with Crippen LogP contribution in [0.3, 0.4) is 0 Å². The summed E-state index contributed by atoms with van der Waals surface area (Å²) in [6, 6.07) is 10.0. The number of aromatic nitrogens is 4. The lowest BCUT2D eigenvalue weighted by atomic mass is 10.2. The number of nitrogens with zero attached hydrogens (tertiary/aromatic N) is 6. The van der Waals surface area contributed by atoms with Crippen LogP contribution in [0.25, 0.3) is 16.6 Å². The molecule has 0 bridgehead atoms. The van der Waals surface area contributed by atoms with Crippen LogP contribution in [-0.2, 0) is 10.0 Å². The summed E-state index contributed by atoms with van der Waals surface area (Å²) in [5.74, 6) is -0.617. The van der Waals surface area contributed by atoms with E-state index in [1.54, 1.807) is 11.4 Å². The molecular formula is C20H18F2N6O2S. The molecule has 160 valence electrons. The maximum Gasteiger partial charge on any atom is 0.246 e. The third-order valence-corrected chi connectivity index (χ3v) is 7.21. The van der Waals surface area contributed by atoms with Gasteiger partial charge in [-0.25, -0.2) is 27.2 Å². The summed E-state index contributed by atoms with van der Waals surface area (Å²) in [7, 11) is -4.16. The number of benzene rings is 2. The Morgan fingerprint density at radius 1 is 0.968 bits per heavy atom. The molecule has 2 aromatic carbocycles. The van der Waals surface area contributed by atoms with Crippen molar-refractivity contribution >= 4 is 32.5 Å². The van der Waals surface area contributed by atoms with Crippen LogP contribution in [0.5, 0.6) is 0 Å². The first-order chi connectivity index (χ1) is 14.8. The molecule has 11 heteroatoms. The van der Waals surface area contributed by atoms with Gasteiger partial charge in [0.2, 0.25) is 16.0 Å². The minimum Gasteiger partial charge on any atom is -0.338 e. The predicted octanol–water partition coefficient (Wildman–Crippen LogP) is 2.38. The largest absolute Gasteiger partial charge is 0.338 e. The van der Waals surface area contributed by atoms with E-state index in [9.17, 15) is 17.2 Å². The topological polar surface area (TPSA) is 83.7 Å². The third-order valence-electron chi connectivity index (χ3n) is 5.30. The Morgan fingerprint density at radius 2 is 1.71 bits per heavy atom. The molecule has 0 spiro atoms. The smallest absolute Gasteiger partial charge is 0.246 e. The van der Waals surface area contributed by atoms with Crippen LogP contribution >= 0.6 is 0 Å². The van der Waals surface area contributed by atoms with Gasteiger partial charge >= 0.3 is 0 Å². The molecule has 0 unspecified atom stereocenters. The van der Waals surface area contributed by atoms with Crippen molar-refractivity contribution < 1.29 is 17.2 Å². The van der Waals surface area contributed by atoms with Crippen LogP contribution in [0.2, 0.25) is 0 Å². The van der Waals surface area contributed by atoms with Gasteiger partial charge in [-0.2, -0.15) is 8.82 Å². The zero-order valence-corrected chi connectivity index (χ0v) is 17.4. The van der Waals surface area contributed by atoms with Gasteiger partial charge in [0.25, 0.3) is 0 Å². The Kier molecular flexibility index (Phi) is 4.59. The van der Waals surface area contributed by atoms with Crippen LogP contribution in [0.4, 0.5) is 14.7 Å². The molecule has 4 aromatic rings. The number of anilines is 1. The standard InChI is InChI=1S/C20H18F2N6O2S/c1-13-23-19-15-4-2-3-5-17(15)24-20(28(19)25-13)26-8-10-27(11-9-26)31(29,30)18-12-14(21)6-7-16(18)22/h2-7,12H,8-11H2,1H3. The average molecular weight is 444 g/mol. The molecule has 0 saturated carbocycles. The normalized spacial score (nSPS) is 15.8. The number of aryl methyl sites for hydroxylation is 1. The van der Waals surface area contributed by atoms with Crippen molar-refractivity contribution in [2.24, 2.45) is 0 Å². The fourth-order valence-corrected chi connectivity index (χ4v) is 5.29. The molecule has 0 amide bonds. The van der Waals surface area contributed by atoms with Gasteiger partial charge in [-0.05, 0) is 37.3 Å². The van der Waals surface area contributed by atoms with Crippen molar-refractivity contribution in [1.29, 1.82) is 0 Å². The minimum absolute atomic E-state index is 0.0992. The van der Waals surface area contributed by atoms with Gasteiger partial charge in [0.15, 0.2) is 5.65 Å². The molecule has 0 N–H and O–H groups in total. The molecule has 2 aromatic heterocycles. The third kappa shape index (κ3) is 3.29. The SMILES string of the molecule is Cc1nc2c3ccccc3nc(N3CCN(S(=O)(=O)c4cc(F)ccc4F)CC3)n2n1. The van der Waals surface area contributed by atoms with Crippen LogP contribution in [0, 0.1) is 18.6 Å². The van der Waals surface area contributed by atoms with Gasteiger partial charge in [-0.15, -0.1) is 5.10 Å². The van der Waals surface area contributed by atoms with Gasteiger partial charge in [-0.1, -0.05) is 12.1 Å². The highest BCUT2D eigenvalue weighted by Crippen LogP contribution is 2.26. The first kappa shape index (κ1) is 19.8. The number of hydrogen-bond donors (Lipinski definition) is 0. The summed E-state index contributed by atoms with van der Waals surface area (Å²) < 4.78 is 56.1. The first-order valence-corrected chi connectivity index (χ1v) is 11.1. The summed E-state index contributed by atoms with van der Waals surface area (Å²) in [5.41, 5.74) is 1.43. The van der Waals surface area contributed by atoms with E-state index in [4.69, 9.17) is 4.98 Å². The van der Waals surface area contributed by atoms with Crippen molar-refractivity contribution in [3.05, 3.63) is 59.9 Å². The number of para-hydroxylation sites is 1. The van der Waals surface area contributed by atoms with Gasteiger partial charge in [0.05, 0.1) is 5.52 Å². The molecule has 1 aliphatic rings. The molecule has 31 heavy (non-hydrogen) atoms. The fourth-order valence-electron chi connectivity index (χ4n) is 3.79. The Hall–Kier alpha value is -3.18. The van der Waals surface area contributed by atoms with Crippen LogP contribution in [0.15, 0.2) is 47.4 Å². The van der Waals surface area contributed by atoms with Crippen molar-refractivity contribution in [3.63, 3.8) is 0 Å².